The van der Waals surface area contributed by atoms with Gasteiger partial charge in [0.1, 0.15) is 5.75 Å². The van der Waals surface area contributed by atoms with Gasteiger partial charge in [0.15, 0.2) is 0 Å². The van der Waals surface area contributed by atoms with Crippen LogP contribution in [-0.2, 0) is 6.42 Å². The number of carbonyl (C=O) groups is 2. The van der Waals surface area contributed by atoms with Gasteiger partial charge in [-0.1, -0.05) is 60.1 Å². The molecule has 0 atom stereocenters. The second-order valence-electron chi connectivity index (χ2n) is 7.69. The molecule has 5 nitrogen and oxygen atoms in total. The predicted molar refractivity (Wildman–Crippen MR) is 133 cm³/mol. The molecule has 0 fully saturated rings. The van der Waals surface area contributed by atoms with Crippen molar-refractivity contribution >= 4 is 45.7 Å². The van der Waals surface area contributed by atoms with E-state index in [1.54, 1.807) is 48.5 Å². The van der Waals surface area contributed by atoms with Crippen LogP contribution in [0.2, 0.25) is 5.02 Å². The highest BCUT2D eigenvalue weighted by atomic mass is 35.5. The second kappa shape index (κ2) is 9.17. The summed E-state index contributed by atoms with van der Waals surface area (Å²) in [4.78, 5) is 26.9. The first-order valence-electron chi connectivity index (χ1n) is 10.5. The lowest BCUT2D eigenvalue weighted by atomic mass is 10.0. The van der Waals surface area contributed by atoms with Gasteiger partial charge in [0, 0.05) is 10.4 Å². The summed E-state index contributed by atoms with van der Waals surface area (Å²) in [6.07, 6.45) is -0.140. The van der Waals surface area contributed by atoms with E-state index in [-0.39, 0.29) is 11.3 Å². The molecule has 0 aliphatic carbocycles. The standard InChI is InChI=1S/C27H18ClNO4S/c28-19-11-12-22-21(15-19)24(26(31)29(22)27(32)33-20-9-5-2-6-10-20)25(30)23-14-18(16-34-23)13-17-7-3-1-4-8-17/h1-12,14-16,31H,13H2. The first kappa shape index (κ1) is 21.9. The molecule has 5 aromatic rings. The van der Waals surface area contributed by atoms with Crippen molar-refractivity contribution in [1.29, 1.82) is 0 Å². The van der Waals surface area contributed by atoms with Crippen molar-refractivity contribution < 1.29 is 19.4 Å². The molecule has 0 spiro atoms. The molecule has 0 saturated carbocycles. The van der Waals surface area contributed by atoms with Crippen molar-refractivity contribution in [3.8, 4) is 11.6 Å². The number of hydrogen-bond donors (Lipinski definition) is 1. The molecule has 0 aliphatic heterocycles. The number of hydrogen-bond acceptors (Lipinski definition) is 5. The van der Waals surface area contributed by atoms with Crippen molar-refractivity contribution in [2.45, 2.75) is 6.42 Å². The van der Waals surface area contributed by atoms with E-state index in [0.717, 1.165) is 15.7 Å². The predicted octanol–water partition coefficient (Wildman–Crippen LogP) is 6.93. The number of halogens is 1. The molecule has 1 N–H and O–H groups in total. The first-order valence-corrected chi connectivity index (χ1v) is 11.7. The number of nitrogens with zero attached hydrogens (tertiary/aromatic N) is 1. The summed E-state index contributed by atoms with van der Waals surface area (Å²) in [5.41, 5.74) is 2.46. The molecular weight excluding hydrogens is 470 g/mol. The van der Waals surface area contributed by atoms with Crippen molar-refractivity contribution in [2.75, 3.05) is 0 Å². The zero-order valence-corrected chi connectivity index (χ0v) is 19.3. The molecule has 0 saturated heterocycles. The summed E-state index contributed by atoms with van der Waals surface area (Å²) < 4.78 is 6.40. The molecule has 2 aromatic heterocycles. The Bertz CT molecular complexity index is 1510. The molecule has 0 unspecified atom stereocenters. The summed E-state index contributed by atoms with van der Waals surface area (Å²) in [5.74, 6) is -0.555. The Labute approximate surface area is 204 Å². The van der Waals surface area contributed by atoms with E-state index in [2.05, 4.69) is 0 Å². The minimum Gasteiger partial charge on any atom is -0.494 e. The van der Waals surface area contributed by atoms with Gasteiger partial charge in [0.25, 0.3) is 0 Å². The average Bonchev–Trinajstić information content (AvgIpc) is 3.41. The van der Waals surface area contributed by atoms with E-state index in [1.165, 1.54) is 11.3 Å². The second-order valence-corrected chi connectivity index (χ2v) is 9.03. The molecule has 34 heavy (non-hydrogen) atoms. The highest BCUT2D eigenvalue weighted by Crippen LogP contribution is 2.36. The van der Waals surface area contributed by atoms with E-state index in [4.69, 9.17) is 16.3 Å². The fourth-order valence-electron chi connectivity index (χ4n) is 3.84. The minimum atomic E-state index is -0.828. The third-order valence-electron chi connectivity index (χ3n) is 5.39. The summed E-state index contributed by atoms with van der Waals surface area (Å²) >= 11 is 7.49. The Morgan fingerprint density at radius 1 is 0.912 bits per heavy atom. The highest BCUT2D eigenvalue weighted by Gasteiger charge is 2.28. The van der Waals surface area contributed by atoms with Crippen LogP contribution in [0.15, 0.2) is 90.3 Å². The number of carbonyl (C=O) groups excluding carboxylic acids is 2. The van der Waals surface area contributed by atoms with Gasteiger partial charge in [-0.3, -0.25) is 4.79 Å². The molecule has 0 bridgehead atoms. The quantitative estimate of drug-likeness (QED) is 0.273. The number of thiophene rings is 1. The molecule has 0 amide bonds. The molecule has 3 aromatic carbocycles. The van der Waals surface area contributed by atoms with E-state index in [9.17, 15) is 14.7 Å². The van der Waals surface area contributed by atoms with Crippen LogP contribution in [0.4, 0.5) is 4.79 Å². The maximum Gasteiger partial charge on any atom is 0.426 e. The lowest BCUT2D eigenvalue weighted by molar-refractivity contribution is 0.104. The summed E-state index contributed by atoms with van der Waals surface area (Å²) in [6.45, 7) is 0. The largest absolute Gasteiger partial charge is 0.494 e. The van der Waals surface area contributed by atoms with Crippen LogP contribution >= 0.6 is 22.9 Å². The van der Waals surface area contributed by atoms with Crippen molar-refractivity contribution in [3.63, 3.8) is 0 Å². The van der Waals surface area contributed by atoms with Crippen LogP contribution in [0.1, 0.15) is 26.4 Å². The van der Waals surface area contributed by atoms with Crippen LogP contribution in [0.5, 0.6) is 11.6 Å². The molecule has 5 rings (SSSR count). The highest BCUT2D eigenvalue weighted by molar-refractivity contribution is 7.12. The molecule has 0 aliphatic rings. The van der Waals surface area contributed by atoms with Gasteiger partial charge in [-0.25, -0.2) is 9.36 Å². The van der Waals surface area contributed by atoms with Crippen LogP contribution in [0.25, 0.3) is 10.9 Å². The zero-order valence-electron chi connectivity index (χ0n) is 17.8. The van der Waals surface area contributed by atoms with Gasteiger partial charge in [0.05, 0.1) is 16.0 Å². The van der Waals surface area contributed by atoms with Gasteiger partial charge in [-0.15, -0.1) is 11.3 Å². The maximum absolute atomic E-state index is 13.5. The van der Waals surface area contributed by atoms with Crippen LogP contribution in [0, 0.1) is 0 Å². The Balaban J connectivity index is 1.53. The van der Waals surface area contributed by atoms with E-state index >= 15 is 0 Å². The van der Waals surface area contributed by atoms with Gasteiger partial charge in [-0.2, -0.15) is 0 Å². The lowest BCUT2D eigenvalue weighted by Gasteiger charge is -2.07. The Morgan fingerprint density at radius 2 is 1.62 bits per heavy atom. The van der Waals surface area contributed by atoms with Crippen LogP contribution in [0.3, 0.4) is 0 Å². The lowest BCUT2D eigenvalue weighted by Crippen LogP contribution is -2.16. The number of rotatable bonds is 5. The Hall–Kier alpha value is -3.87. The van der Waals surface area contributed by atoms with Crippen molar-refractivity contribution in [3.05, 3.63) is 117 Å². The monoisotopic (exact) mass is 487 g/mol. The normalized spacial score (nSPS) is 11.0. The van der Waals surface area contributed by atoms with Gasteiger partial charge >= 0.3 is 6.09 Å². The van der Waals surface area contributed by atoms with Gasteiger partial charge in [-0.05, 0) is 59.3 Å². The average molecular weight is 488 g/mol. The smallest absolute Gasteiger partial charge is 0.426 e. The fraction of sp³-hybridized carbons (Fsp3) is 0.0370. The van der Waals surface area contributed by atoms with E-state index in [0.29, 0.717) is 33.0 Å². The zero-order chi connectivity index (χ0) is 23.7. The summed E-state index contributed by atoms with van der Waals surface area (Å²) in [5, 5.41) is 13.7. The van der Waals surface area contributed by atoms with Crippen molar-refractivity contribution in [1.82, 2.24) is 4.57 Å². The van der Waals surface area contributed by atoms with E-state index < -0.39 is 12.0 Å². The molecule has 7 heteroatoms. The fourth-order valence-corrected chi connectivity index (χ4v) is 4.87. The Kier molecular flexibility index (Phi) is 5.92. The first-order chi connectivity index (χ1) is 16.5. The summed E-state index contributed by atoms with van der Waals surface area (Å²) in [7, 11) is 0. The third kappa shape index (κ3) is 4.21. The Morgan fingerprint density at radius 3 is 2.35 bits per heavy atom. The number of aromatic hydroxyl groups is 1. The number of fused-ring (bicyclic) bond motifs is 1. The van der Waals surface area contributed by atoms with Gasteiger partial charge in [0.2, 0.25) is 11.7 Å². The third-order valence-corrected chi connectivity index (χ3v) is 6.60. The number of aromatic nitrogens is 1. The topological polar surface area (TPSA) is 68.5 Å². The maximum atomic E-state index is 13.5. The molecule has 168 valence electrons. The number of ketones is 1. The van der Waals surface area contributed by atoms with E-state index in [1.807, 2.05) is 41.8 Å². The number of ether oxygens (including phenoxy) is 1. The summed E-state index contributed by atoms with van der Waals surface area (Å²) in [6, 6.07) is 25.0. The molecule has 2 heterocycles. The van der Waals surface area contributed by atoms with Crippen LogP contribution in [-0.4, -0.2) is 21.6 Å². The number of para-hydroxylation sites is 1. The molecular formula is C27H18ClNO4S. The van der Waals surface area contributed by atoms with Crippen molar-refractivity contribution in [2.24, 2.45) is 0 Å². The van der Waals surface area contributed by atoms with Crippen LogP contribution < -0.4 is 4.74 Å². The van der Waals surface area contributed by atoms with Gasteiger partial charge < -0.3 is 9.84 Å². The SMILES string of the molecule is O=C(c1cc(Cc2ccccc2)cs1)c1c(O)n(C(=O)Oc2ccccc2)c2ccc(Cl)cc12. The molecule has 0 radical (unpaired) electrons. The number of benzene rings is 3. The minimum absolute atomic E-state index is 0.00984.